The van der Waals surface area contributed by atoms with E-state index in [1.807, 2.05) is 4.90 Å². The molecule has 1 aliphatic rings. The molecule has 5 atom stereocenters. The molecule has 1 fully saturated rings. The molecule has 2 rings (SSSR count). The average Bonchev–Trinajstić information content (AvgIpc) is 2.62. The highest BCUT2D eigenvalue weighted by Crippen LogP contribution is 2.26. The summed E-state index contributed by atoms with van der Waals surface area (Å²) in [5, 5.41) is 38.5. The van der Waals surface area contributed by atoms with Gasteiger partial charge in [0.15, 0.2) is 6.10 Å². The number of nitrogens with zero attached hydrogens (tertiary/aromatic N) is 1. The molecular weight excluding hydrogens is 389 g/mol. The van der Waals surface area contributed by atoms with Crippen LogP contribution in [0.3, 0.4) is 0 Å². The highest BCUT2D eigenvalue weighted by molar-refractivity contribution is 6.18. The number of aliphatic carboxylic acids is 1. The van der Waals surface area contributed by atoms with E-state index in [9.17, 15) is 20.1 Å². The van der Waals surface area contributed by atoms with Gasteiger partial charge in [0, 0.05) is 30.5 Å². The van der Waals surface area contributed by atoms with Crippen molar-refractivity contribution in [2.45, 2.75) is 30.7 Å². The second-order valence-electron chi connectivity index (χ2n) is 5.71. The number of carboxylic acids is 1. The van der Waals surface area contributed by atoms with Crippen LogP contribution in [-0.2, 0) is 9.53 Å². The summed E-state index contributed by atoms with van der Waals surface area (Å²) in [5.74, 6) is -0.297. The third-order valence-corrected chi connectivity index (χ3v) is 4.31. The Bertz CT molecular complexity index is 582. The van der Waals surface area contributed by atoms with Gasteiger partial charge in [0.25, 0.3) is 0 Å². The van der Waals surface area contributed by atoms with Gasteiger partial charge in [0.1, 0.15) is 24.1 Å². The first-order valence-electron chi connectivity index (χ1n) is 7.95. The van der Waals surface area contributed by atoms with Crippen molar-refractivity contribution in [3.8, 4) is 5.75 Å². The van der Waals surface area contributed by atoms with Crippen LogP contribution in [0.25, 0.3) is 0 Å². The number of carbonyl (C=O) groups is 1. The molecule has 0 saturated carbocycles. The van der Waals surface area contributed by atoms with Gasteiger partial charge in [-0.2, -0.15) is 0 Å². The second-order valence-corrected chi connectivity index (χ2v) is 6.47. The molecule has 146 valence electrons. The number of anilines is 1. The summed E-state index contributed by atoms with van der Waals surface area (Å²) in [6.07, 6.45) is -8.23. The van der Waals surface area contributed by atoms with Crippen LogP contribution in [0.15, 0.2) is 24.3 Å². The lowest BCUT2D eigenvalue weighted by Gasteiger charge is -2.38. The lowest BCUT2D eigenvalue weighted by Crippen LogP contribution is -2.61. The van der Waals surface area contributed by atoms with Crippen molar-refractivity contribution in [2.24, 2.45) is 0 Å². The van der Waals surface area contributed by atoms with Gasteiger partial charge >= 0.3 is 5.97 Å². The predicted octanol–water partition coefficient (Wildman–Crippen LogP) is 0.242. The number of carboxylic acid groups (broad SMARTS) is 1. The van der Waals surface area contributed by atoms with E-state index in [1.165, 1.54) is 0 Å². The summed E-state index contributed by atoms with van der Waals surface area (Å²) in [5.41, 5.74) is 0.864. The fourth-order valence-corrected chi connectivity index (χ4v) is 3.00. The zero-order valence-corrected chi connectivity index (χ0v) is 15.3. The molecule has 10 heteroatoms. The maximum absolute atomic E-state index is 11.1. The summed E-state index contributed by atoms with van der Waals surface area (Å²) in [6.45, 7) is 1.23. The smallest absolute Gasteiger partial charge is 0.335 e. The number of alkyl halides is 2. The van der Waals surface area contributed by atoms with Gasteiger partial charge in [-0.15, -0.1) is 23.2 Å². The summed E-state index contributed by atoms with van der Waals surface area (Å²) in [7, 11) is 0. The minimum Gasteiger partial charge on any atom is -0.479 e. The molecule has 1 saturated heterocycles. The number of hydrogen-bond acceptors (Lipinski definition) is 7. The summed E-state index contributed by atoms with van der Waals surface area (Å²) < 4.78 is 10.5. The van der Waals surface area contributed by atoms with Gasteiger partial charge in [0.05, 0.1) is 0 Å². The maximum atomic E-state index is 11.1. The molecule has 4 N–H and O–H groups in total. The van der Waals surface area contributed by atoms with Crippen LogP contribution in [0, 0.1) is 0 Å². The minimum atomic E-state index is -1.76. The molecule has 0 radical (unpaired) electrons. The van der Waals surface area contributed by atoms with Gasteiger partial charge in [0.2, 0.25) is 6.29 Å². The Kier molecular flexibility index (Phi) is 7.75. The number of ether oxygens (including phenoxy) is 2. The molecule has 0 bridgehead atoms. The number of aliphatic hydroxyl groups is 3. The van der Waals surface area contributed by atoms with Crippen molar-refractivity contribution in [1.29, 1.82) is 0 Å². The number of hydrogen-bond donors (Lipinski definition) is 4. The van der Waals surface area contributed by atoms with Gasteiger partial charge in [-0.1, -0.05) is 0 Å². The van der Waals surface area contributed by atoms with E-state index >= 15 is 0 Å². The maximum Gasteiger partial charge on any atom is 0.335 e. The second kappa shape index (κ2) is 9.59. The van der Waals surface area contributed by atoms with Crippen LogP contribution in [0.4, 0.5) is 5.69 Å². The van der Waals surface area contributed by atoms with E-state index in [1.54, 1.807) is 24.3 Å². The van der Waals surface area contributed by atoms with Gasteiger partial charge < -0.3 is 34.8 Å². The minimum absolute atomic E-state index is 0.294. The molecule has 0 amide bonds. The fraction of sp³-hybridized carbons (Fsp3) is 0.562. The number of rotatable bonds is 8. The average molecular weight is 410 g/mol. The molecule has 8 nitrogen and oxygen atoms in total. The molecule has 1 heterocycles. The molecular formula is C16H21Cl2NO7. The molecule has 26 heavy (non-hydrogen) atoms. The highest BCUT2D eigenvalue weighted by Gasteiger charge is 2.48. The molecule has 0 spiro atoms. The zero-order chi connectivity index (χ0) is 19.3. The van der Waals surface area contributed by atoms with Crippen LogP contribution < -0.4 is 9.64 Å². The van der Waals surface area contributed by atoms with Gasteiger partial charge in [-0.25, -0.2) is 4.79 Å². The van der Waals surface area contributed by atoms with Gasteiger partial charge in [-0.3, -0.25) is 0 Å². The lowest BCUT2D eigenvalue weighted by molar-refractivity contribution is -0.271. The first-order chi connectivity index (χ1) is 12.4. The normalized spacial score (nSPS) is 28.6. The van der Waals surface area contributed by atoms with E-state index in [0.717, 1.165) is 5.69 Å². The third-order valence-electron chi connectivity index (χ3n) is 3.98. The number of halogens is 2. The monoisotopic (exact) mass is 409 g/mol. The van der Waals surface area contributed by atoms with Crippen molar-refractivity contribution >= 4 is 34.9 Å². The first-order valence-corrected chi connectivity index (χ1v) is 9.02. The van der Waals surface area contributed by atoms with Crippen molar-refractivity contribution in [3.05, 3.63) is 24.3 Å². The van der Waals surface area contributed by atoms with Crippen LogP contribution in [-0.4, -0.2) is 82.0 Å². The SMILES string of the molecule is O=C(O)C1OC(Oc2ccc(N(CCCl)CCCl)cc2)C(O)C(O)C1O. The third kappa shape index (κ3) is 4.91. The molecule has 1 aromatic carbocycles. The van der Waals surface area contributed by atoms with Crippen LogP contribution in [0.1, 0.15) is 0 Å². The van der Waals surface area contributed by atoms with Crippen molar-refractivity contribution in [1.82, 2.24) is 0 Å². The van der Waals surface area contributed by atoms with Crippen molar-refractivity contribution < 1.29 is 34.7 Å². The topological polar surface area (TPSA) is 120 Å². The Labute approximate surface area is 160 Å². The van der Waals surface area contributed by atoms with E-state index in [0.29, 0.717) is 30.6 Å². The summed E-state index contributed by atoms with van der Waals surface area (Å²) >= 11 is 11.6. The van der Waals surface area contributed by atoms with E-state index < -0.39 is 36.7 Å². The predicted molar refractivity (Wildman–Crippen MR) is 95.0 cm³/mol. The van der Waals surface area contributed by atoms with Crippen molar-refractivity contribution in [3.63, 3.8) is 0 Å². The van der Waals surface area contributed by atoms with Crippen molar-refractivity contribution in [2.75, 3.05) is 29.7 Å². The zero-order valence-electron chi connectivity index (χ0n) is 13.7. The highest BCUT2D eigenvalue weighted by atomic mass is 35.5. The van der Waals surface area contributed by atoms with Crippen LogP contribution in [0.2, 0.25) is 0 Å². The molecule has 1 aliphatic heterocycles. The quantitative estimate of drug-likeness (QED) is 0.450. The lowest BCUT2D eigenvalue weighted by atomic mass is 9.99. The van der Waals surface area contributed by atoms with E-state index in [2.05, 4.69) is 0 Å². The Morgan fingerprint density at radius 1 is 1.04 bits per heavy atom. The summed E-state index contributed by atoms with van der Waals surface area (Å²) in [4.78, 5) is 13.1. The molecule has 0 aliphatic carbocycles. The first kappa shape index (κ1) is 21.0. The molecule has 1 aromatic rings. The fourth-order valence-electron chi connectivity index (χ4n) is 2.59. The Morgan fingerprint density at radius 2 is 1.62 bits per heavy atom. The molecule has 0 aromatic heterocycles. The van der Waals surface area contributed by atoms with Crippen LogP contribution in [0.5, 0.6) is 5.75 Å². The standard InChI is InChI=1S/C16H21Cl2NO7/c17-5-7-19(8-6-18)9-1-3-10(4-2-9)25-16-13(22)11(20)12(21)14(26-16)15(23)24/h1-4,11-14,16,20-22H,5-8H2,(H,23,24). The summed E-state index contributed by atoms with van der Waals surface area (Å²) in [6, 6.07) is 6.72. The van der Waals surface area contributed by atoms with Gasteiger partial charge in [-0.05, 0) is 24.3 Å². The Morgan fingerprint density at radius 3 is 2.12 bits per heavy atom. The molecule has 5 unspecified atom stereocenters. The van der Waals surface area contributed by atoms with Crippen LogP contribution >= 0.6 is 23.2 Å². The Balaban J connectivity index is 2.08. The largest absolute Gasteiger partial charge is 0.479 e. The van der Waals surface area contributed by atoms with E-state index in [4.69, 9.17) is 37.8 Å². The number of benzene rings is 1. The number of aliphatic hydroxyl groups excluding tert-OH is 3. The van der Waals surface area contributed by atoms with E-state index in [-0.39, 0.29) is 0 Å². The Hall–Kier alpha value is -1.29.